The van der Waals surface area contributed by atoms with Gasteiger partial charge < -0.3 is 10.1 Å². The fourth-order valence-corrected chi connectivity index (χ4v) is 3.26. The molecule has 0 aliphatic heterocycles. The van der Waals surface area contributed by atoms with Crippen molar-refractivity contribution < 1.29 is 9.53 Å². The van der Waals surface area contributed by atoms with Gasteiger partial charge in [0.25, 0.3) is 5.91 Å². The van der Waals surface area contributed by atoms with Crippen molar-refractivity contribution in [1.82, 2.24) is 20.0 Å². The van der Waals surface area contributed by atoms with Gasteiger partial charge in [0.2, 0.25) is 0 Å². The van der Waals surface area contributed by atoms with Crippen LogP contribution in [0.5, 0.6) is 5.75 Å². The summed E-state index contributed by atoms with van der Waals surface area (Å²) < 4.78 is 7.18. The van der Waals surface area contributed by atoms with Gasteiger partial charge in [-0.3, -0.25) is 9.89 Å². The number of aromatic nitrogens is 4. The third-order valence-corrected chi connectivity index (χ3v) is 4.79. The Morgan fingerprint density at radius 3 is 3.04 bits per heavy atom. The number of halogens is 1. The van der Waals surface area contributed by atoms with Crippen LogP contribution in [0, 0.1) is 0 Å². The summed E-state index contributed by atoms with van der Waals surface area (Å²) in [7, 11) is 0. The van der Waals surface area contributed by atoms with Crippen LogP contribution < -0.4 is 10.1 Å². The maximum atomic E-state index is 12.3. The number of ether oxygens (including phenoxy) is 1. The highest BCUT2D eigenvalue weighted by molar-refractivity contribution is 7.13. The van der Waals surface area contributed by atoms with Gasteiger partial charge in [0.05, 0.1) is 28.7 Å². The molecule has 136 valence electrons. The molecule has 0 saturated carbocycles. The van der Waals surface area contributed by atoms with Crippen LogP contribution >= 0.6 is 22.9 Å². The molecule has 0 fully saturated rings. The van der Waals surface area contributed by atoms with Crippen molar-refractivity contribution in [3.63, 3.8) is 0 Å². The molecular weight excluding hydrogens is 386 g/mol. The molecule has 1 amide bonds. The zero-order valence-corrected chi connectivity index (χ0v) is 15.5. The van der Waals surface area contributed by atoms with Crippen LogP contribution in [0.2, 0.25) is 5.02 Å². The molecule has 7 nitrogen and oxygen atoms in total. The summed E-state index contributed by atoms with van der Waals surface area (Å²) >= 11 is 7.50. The fraction of sp³-hybridized carbons (Fsp3) is 0.0556. The summed E-state index contributed by atoms with van der Waals surface area (Å²) in [5, 5.41) is 16.4. The number of anilines is 1. The molecule has 0 atom stereocenters. The minimum atomic E-state index is -0.315. The number of thiophene rings is 1. The zero-order chi connectivity index (χ0) is 18.6. The van der Waals surface area contributed by atoms with Crippen LogP contribution in [0.4, 0.5) is 5.69 Å². The molecule has 0 bridgehead atoms. The minimum Gasteiger partial charge on any atom is -0.471 e. The maximum Gasteiger partial charge on any atom is 0.276 e. The molecule has 0 aliphatic carbocycles. The van der Waals surface area contributed by atoms with E-state index in [1.165, 1.54) is 0 Å². The third kappa shape index (κ3) is 4.18. The highest BCUT2D eigenvalue weighted by Crippen LogP contribution is 2.23. The van der Waals surface area contributed by atoms with E-state index in [0.717, 1.165) is 10.6 Å². The normalized spacial score (nSPS) is 10.7. The number of H-pyrrole nitrogens is 1. The second-order valence-electron chi connectivity index (χ2n) is 5.60. The van der Waals surface area contributed by atoms with Gasteiger partial charge in [0.1, 0.15) is 5.75 Å². The topological polar surface area (TPSA) is 84.8 Å². The average Bonchev–Trinajstić information content (AvgIpc) is 3.40. The second-order valence-corrected chi connectivity index (χ2v) is 6.98. The first kappa shape index (κ1) is 17.3. The molecule has 0 radical (unpaired) electrons. The Labute approximate surface area is 163 Å². The Morgan fingerprint density at radius 2 is 2.22 bits per heavy atom. The number of amides is 1. The molecule has 4 rings (SSSR count). The largest absolute Gasteiger partial charge is 0.471 e. The Kier molecular flexibility index (Phi) is 4.91. The number of hydrogen-bond acceptors (Lipinski definition) is 5. The first-order valence-electron chi connectivity index (χ1n) is 7.99. The van der Waals surface area contributed by atoms with Gasteiger partial charge in [-0.15, -0.1) is 11.3 Å². The molecule has 9 heteroatoms. The van der Waals surface area contributed by atoms with E-state index in [4.69, 9.17) is 16.3 Å². The molecule has 0 spiro atoms. The molecule has 1 aromatic carbocycles. The number of nitrogens with one attached hydrogen (secondary N) is 2. The Bertz CT molecular complexity index is 1060. The standard InChI is InChI=1S/C18H14ClN5O2S/c19-12-3-1-4-14(7-12)26-11-24-10-13(9-20-24)21-18(25)16-8-15(22-23-16)17-5-2-6-27-17/h1-10H,11H2,(H,21,25)(H,22,23). The first-order chi connectivity index (χ1) is 13.2. The summed E-state index contributed by atoms with van der Waals surface area (Å²) in [5.41, 5.74) is 1.66. The number of rotatable bonds is 6. The Hall–Kier alpha value is -3.10. The summed E-state index contributed by atoms with van der Waals surface area (Å²) in [6.45, 7) is 0.196. The van der Waals surface area contributed by atoms with Crippen molar-refractivity contribution in [3.05, 3.63) is 71.0 Å². The molecule has 27 heavy (non-hydrogen) atoms. The first-order valence-corrected chi connectivity index (χ1v) is 9.24. The van der Waals surface area contributed by atoms with Crippen LogP contribution in [0.3, 0.4) is 0 Å². The number of hydrogen-bond donors (Lipinski definition) is 2. The Balaban J connectivity index is 1.37. The summed E-state index contributed by atoms with van der Waals surface area (Å²) in [6, 6.07) is 12.7. The van der Waals surface area contributed by atoms with E-state index in [0.29, 0.717) is 22.2 Å². The lowest BCUT2D eigenvalue weighted by Gasteiger charge is -2.06. The molecule has 3 aromatic heterocycles. The lowest BCUT2D eigenvalue weighted by molar-refractivity contribution is 0.102. The van der Waals surface area contributed by atoms with E-state index >= 15 is 0 Å². The van der Waals surface area contributed by atoms with Crippen molar-refractivity contribution in [1.29, 1.82) is 0 Å². The number of carbonyl (C=O) groups excluding carboxylic acids is 1. The second kappa shape index (κ2) is 7.65. The molecule has 0 saturated heterocycles. The number of carbonyl (C=O) groups is 1. The van der Waals surface area contributed by atoms with E-state index in [1.54, 1.807) is 58.7 Å². The zero-order valence-electron chi connectivity index (χ0n) is 13.9. The van der Waals surface area contributed by atoms with Gasteiger partial charge in [0, 0.05) is 5.02 Å². The maximum absolute atomic E-state index is 12.3. The molecule has 0 unspecified atom stereocenters. The van der Waals surface area contributed by atoms with Crippen LogP contribution in [0.25, 0.3) is 10.6 Å². The molecule has 0 aliphatic rings. The number of aromatic amines is 1. The van der Waals surface area contributed by atoms with Gasteiger partial charge in [-0.1, -0.05) is 23.7 Å². The SMILES string of the molecule is O=C(Nc1cnn(COc2cccc(Cl)c2)c1)c1cc(-c2cccs2)[nH]n1. The Morgan fingerprint density at radius 1 is 1.30 bits per heavy atom. The van der Waals surface area contributed by atoms with Crippen LogP contribution in [0.1, 0.15) is 10.5 Å². The van der Waals surface area contributed by atoms with Gasteiger partial charge in [0.15, 0.2) is 12.4 Å². The van der Waals surface area contributed by atoms with E-state index in [1.807, 2.05) is 17.5 Å². The van der Waals surface area contributed by atoms with Crippen molar-refractivity contribution in [2.45, 2.75) is 6.73 Å². The van der Waals surface area contributed by atoms with Crippen molar-refractivity contribution in [2.24, 2.45) is 0 Å². The average molecular weight is 400 g/mol. The van der Waals surface area contributed by atoms with Gasteiger partial charge in [-0.25, -0.2) is 4.68 Å². The molecule has 4 aromatic rings. The smallest absolute Gasteiger partial charge is 0.276 e. The fourth-order valence-electron chi connectivity index (χ4n) is 2.39. The van der Waals surface area contributed by atoms with Crippen molar-refractivity contribution >= 4 is 34.5 Å². The summed E-state index contributed by atoms with van der Waals surface area (Å²) in [6.07, 6.45) is 3.22. The molecule has 2 N–H and O–H groups in total. The number of benzene rings is 1. The van der Waals surface area contributed by atoms with Crippen LogP contribution in [-0.4, -0.2) is 25.9 Å². The van der Waals surface area contributed by atoms with Gasteiger partial charge in [-0.2, -0.15) is 10.2 Å². The monoisotopic (exact) mass is 399 g/mol. The minimum absolute atomic E-state index is 0.196. The lowest BCUT2D eigenvalue weighted by Crippen LogP contribution is -2.12. The van der Waals surface area contributed by atoms with E-state index in [2.05, 4.69) is 20.6 Å². The molecule has 3 heterocycles. The van der Waals surface area contributed by atoms with E-state index in [-0.39, 0.29) is 12.6 Å². The molecular formula is C18H14ClN5O2S. The third-order valence-electron chi connectivity index (χ3n) is 3.65. The highest BCUT2D eigenvalue weighted by atomic mass is 35.5. The van der Waals surface area contributed by atoms with Crippen LogP contribution in [0.15, 0.2) is 60.2 Å². The van der Waals surface area contributed by atoms with Crippen molar-refractivity contribution in [3.8, 4) is 16.3 Å². The van der Waals surface area contributed by atoms with E-state index < -0.39 is 0 Å². The predicted octanol–water partition coefficient (Wildman–Crippen LogP) is 4.28. The van der Waals surface area contributed by atoms with Gasteiger partial charge in [-0.05, 0) is 35.7 Å². The van der Waals surface area contributed by atoms with Crippen molar-refractivity contribution in [2.75, 3.05) is 5.32 Å². The summed E-state index contributed by atoms with van der Waals surface area (Å²) in [5.74, 6) is 0.325. The predicted molar refractivity (Wildman–Crippen MR) is 104 cm³/mol. The van der Waals surface area contributed by atoms with E-state index in [9.17, 15) is 4.79 Å². The van der Waals surface area contributed by atoms with Crippen LogP contribution in [-0.2, 0) is 6.73 Å². The lowest BCUT2D eigenvalue weighted by atomic mass is 10.3. The summed E-state index contributed by atoms with van der Waals surface area (Å²) in [4.78, 5) is 13.4. The van der Waals surface area contributed by atoms with Gasteiger partial charge >= 0.3 is 0 Å². The highest BCUT2D eigenvalue weighted by Gasteiger charge is 2.13. The quantitative estimate of drug-likeness (QED) is 0.507. The number of nitrogens with zero attached hydrogens (tertiary/aromatic N) is 3.